The molecule has 33 heavy (non-hydrogen) atoms. The zero-order valence-electron chi connectivity index (χ0n) is 19.4. The molecule has 2 aliphatic heterocycles. The summed E-state index contributed by atoms with van der Waals surface area (Å²) in [5.41, 5.74) is 10.8. The standard InChI is InChI=1S/C28H35N3O2/c29-27(32)21-7-9-22(10-8-21)30-13-11-28(12-14-30)17-23(18-28)31-15-16-33-19-26(31)25-4-2-1-3-24(25)20-5-6-20/h1-4,7-10,20,23,26H,5-6,11-19H2,(H2,29,32)/t26-/m0/s1. The average molecular weight is 446 g/mol. The molecular weight excluding hydrogens is 410 g/mol. The number of benzene rings is 2. The first kappa shape index (κ1) is 21.2. The molecule has 2 aromatic carbocycles. The Labute approximate surface area is 196 Å². The Balaban J connectivity index is 1.10. The third kappa shape index (κ3) is 4.06. The van der Waals surface area contributed by atoms with E-state index in [1.807, 2.05) is 24.3 Å². The molecule has 2 N–H and O–H groups in total. The molecule has 6 rings (SSSR count). The van der Waals surface area contributed by atoms with Gasteiger partial charge in [-0.15, -0.1) is 0 Å². The minimum atomic E-state index is -0.360. The predicted octanol–water partition coefficient (Wildman–Crippen LogP) is 4.49. The Morgan fingerprint density at radius 3 is 2.30 bits per heavy atom. The molecule has 0 unspecified atom stereocenters. The van der Waals surface area contributed by atoms with Crippen LogP contribution in [0.15, 0.2) is 48.5 Å². The van der Waals surface area contributed by atoms with Gasteiger partial charge in [0.25, 0.3) is 0 Å². The second-order valence-corrected chi connectivity index (χ2v) is 10.7. The number of hydrogen-bond donors (Lipinski definition) is 1. The maximum atomic E-state index is 11.3. The lowest BCUT2D eigenvalue weighted by Gasteiger charge is -2.57. The molecule has 2 heterocycles. The van der Waals surface area contributed by atoms with Crippen molar-refractivity contribution in [3.63, 3.8) is 0 Å². The number of nitrogens with zero attached hydrogens (tertiary/aromatic N) is 2. The van der Waals surface area contributed by atoms with Gasteiger partial charge in [-0.05, 0) is 85.3 Å². The number of ether oxygens (including phenoxy) is 1. The van der Waals surface area contributed by atoms with Crippen molar-refractivity contribution in [1.29, 1.82) is 0 Å². The Morgan fingerprint density at radius 1 is 0.939 bits per heavy atom. The van der Waals surface area contributed by atoms with Crippen LogP contribution in [-0.2, 0) is 4.74 Å². The van der Waals surface area contributed by atoms with Gasteiger partial charge in [0.2, 0.25) is 5.91 Å². The molecule has 2 saturated heterocycles. The minimum absolute atomic E-state index is 0.360. The summed E-state index contributed by atoms with van der Waals surface area (Å²) in [4.78, 5) is 16.6. The van der Waals surface area contributed by atoms with Gasteiger partial charge in [0.1, 0.15) is 0 Å². The van der Waals surface area contributed by atoms with Crippen molar-refractivity contribution in [2.45, 2.75) is 56.5 Å². The summed E-state index contributed by atoms with van der Waals surface area (Å²) in [6.45, 7) is 4.95. The van der Waals surface area contributed by atoms with Gasteiger partial charge in [-0.1, -0.05) is 24.3 Å². The van der Waals surface area contributed by atoms with E-state index in [9.17, 15) is 4.79 Å². The van der Waals surface area contributed by atoms with Crippen molar-refractivity contribution in [1.82, 2.24) is 4.90 Å². The van der Waals surface area contributed by atoms with E-state index < -0.39 is 0 Å². The van der Waals surface area contributed by atoms with Crippen LogP contribution in [0.5, 0.6) is 0 Å². The van der Waals surface area contributed by atoms with Crippen molar-refractivity contribution >= 4 is 11.6 Å². The molecule has 1 amide bonds. The van der Waals surface area contributed by atoms with E-state index in [0.29, 0.717) is 23.1 Å². The molecule has 174 valence electrons. The molecule has 1 atom stereocenters. The molecule has 0 radical (unpaired) electrons. The van der Waals surface area contributed by atoms with Gasteiger partial charge >= 0.3 is 0 Å². The van der Waals surface area contributed by atoms with Crippen LogP contribution in [0.1, 0.15) is 72.0 Å². The zero-order chi connectivity index (χ0) is 22.4. The molecule has 5 heteroatoms. The number of hydrogen-bond acceptors (Lipinski definition) is 4. The number of piperidine rings is 1. The molecule has 4 aliphatic rings. The van der Waals surface area contributed by atoms with Crippen molar-refractivity contribution < 1.29 is 9.53 Å². The minimum Gasteiger partial charge on any atom is -0.378 e. The lowest BCUT2D eigenvalue weighted by molar-refractivity contribution is -0.0911. The largest absolute Gasteiger partial charge is 0.378 e. The van der Waals surface area contributed by atoms with E-state index in [2.05, 4.69) is 34.1 Å². The smallest absolute Gasteiger partial charge is 0.248 e. The molecule has 2 saturated carbocycles. The van der Waals surface area contributed by atoms with Gasteiger partial charge in [0.15, 0.2) is 0 Å². The lowest BCUT2D eigenvalue weighted by atomic mass is 9.59. The van der Waals surface area contributed by atoms with Crippen LogP contribution in [0.4, 0.5) is 5.69 Å². The number of nitrogens with two attached hydrogens (primary N) is 1. The SMILES string of the molecule is NC(=O)c1ccc(N2CCC3(CC2)CC(N2CCOC[C@H]2c2ccccc2C2CC2)C3)cc1. The van der Waals surface area contributed by atoms with Crippen LogP contribution in [0.3, 0.4) is 0 Å². The highest BCUT2D eigenvalue weighted by atomic mass is 16.5. The summed E-state index contributed by atoms with van der Waals surface area (Å²) in [5.74, 6) is 0.417. The Bertz CT molecular complexity index is 1000. The fourth-order valence-electron chi connectivity index (χ4n) is 6.56. The van der Waals surface area contributed by atoms with E-state index >= 15 is 0 Å². The number of carbonyl (C=O) groups is 1. The number of rotatable bonds is 5. The average Bonchev–Trinajstić information content (AvgIpc) is 3.68. The second-order valence-electron chi connectivity index (χ2n) is 10.7. The van der Waals surface area contributed by atoms with E-state index in [1.54, 1.807) is 5.56 Å². The summed E-state index contributed by atoms with van der Waals surface area (Å²) in [7, 11) is 0. The van der Waals surface area contributed by atoms with Gasteiger partial charge in [-0.25, -0.2) is 0 Å². The molecule has 5 nitrogen and oxygen atoms in total. The van der Waals surface area contributed by atoms with Crippen molar-refractivity contribution in [2.75, 3.05) is 37.7 Å². The molecule has 0 aromatic heterocycles. The summed E-state index contributed by atoms with van der Waals surface area (Å²) in [6, 6.07) is 18.0. The van der Waals surface area contributed by atoms with Crippen LogP contribution in [0.25, 0.3) is 0 Å². The van der Waals surface area contributed by atoms with Gasteiger partial charge in [-0.2, -0.15) is 0 Å². The highest BCUT2D eigenvalue weighted by Gasteiger charge is 2.49. The third-order valence-electron chi connectivity index (χ3n) is 8.69. The van der Waals surface area contributed by atoms with Crippen LogP contribution in [0.2, 0.25) is 0 Å². The Hall–Kier alpha value is -2.37. The van der Waals surface area contributed by atoms with Crippen molar-refractivity contribution in [3.8, 4) is 0 Å². The monoisotopic (exact) mass is 445 g/mol. The quantitative estimate of drug-likeness (QED) is 0.737. The number of amides is 1. The van der Waals surface area contributed by atoms with Crippen LogP contribution < -0.4 is 10.6 Å². The van der Waals surface area contributed by atoms with E-state index in [1.165, 1.54) is 49.8 Å². The highest BCUT2D eigenvalue weighted by molar-refractivity contribution is 5.93. The van der Waals surface area contributed by atoms with Crippen molar-refractivity contribution in [3.05, 3.63) is 65.2 Å². The molecule has 2 aliphatic carbocycles. The summed E-state index contributed by atoms with van der Waals surface area (Å²) in [6.07, 6.45) is 7.86. The Morgan fingerprint density at radius 2 is 1.64 bits per heavy atom. The van der Waals surface area contributed by atoms with Crippen molar-refractivity contribution in [2.24, 2.45) is 11.1 Å². The summed E-state index contributed by atoms with van der Waals surface area (Å²) in [5, 5.41) is 0. The van der Waals surface area contributed by atoms with Crippen LogP contribution >= 0.6 is 0 Å². The maximum Gasteiger partial charge on any atom is 0.248 e. The van der Waals surface area contributed by atoms with Gasteiger partial charge in [0, 0.05) is 36.9 Å². The fraction of sp³-hybridized carbons (Fsp3) is 0.536. The number of anilines is 1. The lowest BCUT2D eigenvalue weighted by Crippen LogP contribution is -2.58. The molecular formula is C28H35N3O2. The van der Waals surface area contributed by atoms with E-state index in [-0.39, 0.29) is 5.91 Å². The summed E-state index contributed by atoms with van der Waals surface area (Å²) >= 11 is 0. The topological polar surface area (TPSA) is 58.8 Å². The fourth-order valence-corrected chi connectivity index (χ4v) is 6.56. The normalized spacial score (nSPS) is 25.7. The van der Waals surface area contributed by atoms with Gasteiger partial charge in [0.05, 0.1) is 19.3 Å². The molecule has 1 spiro atoms. The second kappa shape index (κ2) is 8.44. The number of primary amides is 1. The third-order valence-corrected chi connectivity index (χ3v) is 8.69. The Kier molecular flexibility index (Phi) is 5.42. The van der Waals surface area contributed by atoms with Gasteiger partial charge in [-0.3, -0.25) is 9.69 Å². The highest BCUT2D eigenvalue weighted by Crippen LogP contribution is 2.53. The van der Waals surface area contributed by atoms with E-state index in [4.69, 9.17) is 10.5 Å². The first-order chi connectivity index (χ1) is 16.1. The first-order valence-electron chi connectivity index (χ1n) is 12.7. The van der Waals surface area contributed by atoms with Crippen LogP contribution in [-0.4, -0.2) is 49.7 Å². The molecule has 2 aromatic rings. The predicted molar refractivity (Wildman–Crippen MR) is 131 cm³/mol. The van der Waals surface area contributed by atoms with Crippen LogP contribution in [0, 0.1) is 5.41 Å². The first-order valence-corrected chi connectivity index (χ1v) is 12.7. The zero-order valence-corrected chi connectivity index (χ0v) is 19.4. The number of morpholine rings is 1. The summed E-state index contributed by atoms with van der Waals surface area (Å²) < 4.78 is 5.99. The van der Waals surface area contributed by atoms with Gasteiger partial charge < -0.3 is 15.4 Å². The van der Waals surface area contributed by atoms with E-state index in [0.717, 1.165) is 38.8 Å². The molecule has 4 fully saturated rings. The molecule has 0 bridgehead atoms. The maximum absolute atomic E-state index is 11.3. The number of carbonyl (C=O) groups excluding carboxylic acids is 1.